The molecule has 1 aromatic rings. The average molecular weight is 633 g/mol. The van der Waals surface area contributed by atoms with E-state index in [9.17, 15) is 9.59 Å². The summed E-state index contributed by atoms with van der Waals surface area (Å²) in [7, 11) is 0. The van der Waals surface area contributed by atoms with Crippen LogP contribution in [0, 0.1) is 17.8 Å². The van der Waals surface area contributed by atoms with Gasteiger partial charge in [-0.3, -0.25) is 0 Å². The van der Waals surface area contributed by atoms with Crippen molar-refractivity contribution < 1.29 is 48.2 Å². The van der Waals surface area contributed by atoms with Crippen molar-refractivity contribution in [3.63, 3.8) is 0 Å². The van der Waals surface area contributed by atoms with Gasteiger partial charge in [-0.15, -0.1) is 0 Å². The lowest BCUT2D eigenvalue weighted by Gasteiger charge is -2.37. The molecular weight excluding hydrogens is 580 g/mol. The highest BCUT2D eigenvalue weighted by Gasteiger charge is 2.31. The summed E-state index contributed by atoms with van der Waals surface area (Å²) in [6.07, 6.45) is 16.0. The Morgan fingerprint density at radius 2 is 1.20 bits per heavy atom. The van der Waals surface area contributed by atoms with Gasteiger partial charge in [0.15, 0.2) is 0 Å². The van der Waals surface area contributed by atoms with Crippen LogP contribution in [0.3, 0.4) is 0 Å². The number of hydrogen-bond acceptors (Lipinski definition) is 10. The molecule has 10 nitrogen and oxygen atoms in total. The van der Waals surface area contributed by atoms with Crippen LogP contribution in [0.25, 0.3) is 0 Å². The van der Waals surface area contributed by atoms with Gasteiger partial charge in [-0.1, -0.05) is 58.6 Å². The summed E-state index contributed by atoms with van der Waals surface area (Å²) in [5.74, 6) is 2.06. The van der Waals surface area contributed by atoms with E-state index in [1.807, 2.05) is 0 Å². The third-order valence-electron chi connectivity index (χ3n) is 8.84. The van der Waals surface area contributed by atoms with Crippen LogP contribution in [0.1, 0.15) is 84.0 Å². The SMILES string of the molecule is C=C(CO)C(=O)OCOc1cc(OCCOC2CCC(C3CCC(CCCCC)CC3)CC2)cc(OCOC(=O)C(=C)CO)c1. The molecule has 0 radical (unpaired) electrons. The molecule has 2 aliphatic rings. The van der Waals surface area contributed by atoms with E-state index in [2.05, 4.69) is 20.1 Å². The molecule has 0 saturated heterocycles. The van der Waals surface area contributed by atoms with E-state index in [-0.39, 0.29) is 28.7 Å². The summed E-state index contributed by atoms with van der Waals surface area (Å²) >= 11 is 0. The Labute approximate surface area is 267 Å². The van der Waals surface area contributed by atoms with Gasteiger partial charge in [-0.2, -0.15) is 0 Å². The van der Waals surface area contributed by atoms with Crippen LogP contribution in [-0.4, -0.2) is 68.3 Å². The fourth-order valence-corrected chi connectivity index (χ4v) is 6.16. The first kappa shape index (κ1) is 36.4. The van der Waals surface area contributed by atoms with E-state index in [0.717, 1.165) is 30.6 Å². The predicted octanol–water partition coefficient (Wildman–Crippen LogP) is 5.88. The largest absolute Gasteiger partial charge is 0.491 e. The smallest absolute Gasteiger partial charge is 0.338 e. The number of carbonyl (C=O) groups excluding carboxylic acids is 2. The molecule has 2 N–H and O–H groups in total. The highest BCUT2D eigenvalue weighted by molar-refractivity contribution is 5.88. The van der Waals surface area contributed by atoms with Crippen LogP contribution in [0.2, 0.25) is 0 Å². The van der Waals surface area contributed by atoms with Gasteiger partial charge < -0.3 is 38.6 Å². The number of ether oxygens (including phenoxy) is 6. The number of carbonyl (C=O) groups is 2. The first-order chi connectivity index (χ1) is 21.8. The average Bonchev–Trinajstić information content (AvgIpc) is 3.06. The maximum atomic E-state index is 11.7. The Morgan fingerprint density at radius 3 is 1.69 bits per heavy atom. The Kier molecular flexibility index (Phi) is 16.3. The standard InChI is InChI=1S/C35H52O10/c1-4-5-6-7-27-8-10-28(11-9-27)29-12-14-30(15-13-29)40-16-17-41-31-18-32(42-23-44-34(38)25(2)21-36)20-33(19-31)43-24-45-35(39)26(3)22-37/h18-20,27-30,36-37H,2-17,21-24H2,1H3. The molecule has 0 atom stereocenters. The Hall–Kier alpha value is -3.08. The zero-order valence-corrected chi connectivity index (χ0v) is 26.8. The molecular formula is C35H52O10. The molecule has 0 aromatic heterocycles. The van der Waals surface area contributed by atoms with Crippen molar-refractivity contribution in [2.75, 3.05) is 40.0 Å². The van der Waals surface area contributed by atoms with Gasteiger partial charge in [0.1, 0.15) is 23.9 Å². The lowest BCUT2D eigenvalue weighted by molar-refractivity contribution is -0.146. The second-order valence-corrected chi connectivity index (χ2v) is 12.1. The summed E-state index contributed by atoms with van der Waals surface area (Å²) in [6.45, 7) is 7.93. The molecule has 0 aliphatic heterocycles. The first-order valence-corrected chi connectivity index (χ1v) is 16.4. The van der Waals surface area contributed by atoms with Crippen LogP contribution in [-0.2, 0) is 23.8 Å². The summed E-state index contributed by atoms with van der Waals surface area (Å²) in [4.78, 5) is 23.5. The number of unbranched alkanes of at least 4 members (excludes halogenated alkanes) is 2. The molecule has 0 unspecified atom stereocenters. The summed E-state index contributed by atoms with van der Waals surface area (Å²) in [5, 5.41) is 18.0. The molecule has 252 valence electrons. The number of aliphatic hydroxyl groups is 2. The van der Waals surface area contributed by atoms with Crippen molar-refractivity contribution in [1.82, 2.24) is 0 Å². The van der Waals surface area contributed by atoms with E-state index in [0.29, 0.717) is 19.0 Å². The number of esters is 2. The fourth-order valence-electron chi connectivity index (χ4n) is 6.16. The molecule has 10 heteroatoms. The van der Waals surface area contributed by atoms with Gasteiger partial charge in [0.25, 0.3) is 0 Å². The van der Waals surface area contributed by atoms with Crippen molar-refractivity contribution in [2.45, 2.75) is 90.1 Å². The Balaban J connectivity index is 1.42. The van der Waals surface area contributed by atoms with Crippen molar-refractivity contribution in [2.24, 2.45) is 17.8 Å². The number of aliphatic hydroxyl groups excluding tert-OH is 2. The molecule has 0 spiro atoms. The topological polar surface area (TPSA) is 130 Å². The third-order valence-corrected chi connectivity index (χ3v) is 8.84. The fraction of sp³-hybridized carbons (Fsp3) is 0.657. The molecule has 2 aliphatic carbocycles. The van der Waals surface area contributed by atoms with Gasteiger partial charge in [0, 0.05) is 18.2 Å². The van der Waals surface area contributed by atoms with E-state index in [4.69, 9.17) is 38.6 Å². The third kappa shape index (κ3) is 13.0. The molecule has 0 bridgehead atoms. The van der Waals surface area contributed by atoms with Gasteiger partial charge in [0.2, 0.25) is 13.6 Å². The van der Waals surface area contributed by atoms with Crippen molar-refractivity contribution in [1.29, 1.82) is 0 Å². The lowest BCUT2D eigenvalue weighted by Crippen LogP contribution is -2.29. The highest BCUT2D eigenvalue weighted by Crippen LogP contribution is 2.41. The first-order valence-electron chi connectivity index (χ1n) is 16.4. The summed E-state index contributed by atoms with van der Waals surface area (Å²) in [6, 6.07) is 4.71. The number of rotatable bonds is 20. The molecule has 2 saturated carbocycles. The lowest BCUT2D eigenvalue weighted by atomic mass is 9.70. The van der Waals surface area contributed by atoms with Crippen molar-refractivity contribution in [3.8, 4) is 17.2 Å². The quantitative estimate of drug-likeness (QED) is 0.0778. The minimum absolute atomic E-state index is 0.0974. The van der Waals surface area contributed by atoms with E-state index in [1.165, 1.54) is 70.3 Å². The summed E-state index contributed by atoms with van der Waals surface area (Å²) in [5.41, 5.74) is -0.195. The zero-order valence-electron chi connectivity index (χ0n) is 26.8. The van der Waals surface area contributed by atoms with E-state index < -0.39 is 38.7 Å². The van der Waals surface area contributed by atoms with E-state index in [1.54, 1.807) is 12.1 Å². The maximum absolute atomic E-state index is 11.7. The molecule has 45 heavy (non-hydrogen) atoms. The predicted molar refractivity (Wildman–Crippen MR) is 169 cm³/mol. The Morgan fingerprint density at radius 1 is 0.711 bits per heavy atom. The van der Waals surface area contributed by atoms with Crippen LogP contribution in [0.5, 0.6) is 17.2 Å². The summed E-state index contributed by atoms with van der Waals surface area (Å²) < 4.78 is 33.0. The Bertz CT molecular complexity index is 1020. The van der Waals surface area contributed by atoms with Gasteiger partial charge in [-0.05, 0) is 56.3 Å². The molecule has 2 fully saturated rings. The molecule has 0 heterocycles. The van der Waals surface area contributed by atoms with Gasteiger partial charge >= 0.3 is 11.9 Å². The molecule has 0 amide bonds. The second-order valence-electron chi connectivity index (χ2n) is 12.1. The van der Waals surface area contributed by atoms with E-state index >= 15 is 0 Å². The number of benzene rings is 1. The monoisotopic (exact) mass is 632 g/mol. The van der Waals surface area contributed by atoms with Gasteiger partial charge in [-0.25, -0.2) is 9.59 Å². The minimum atomic E-state index is -0.784. The van der Waals surface area contributed by atoms with Crippen molar-refractivity contribution in [3.05, 3.63) is 42.5 Å². The zero-order chi connectivity index (χ0) is 32.4. The second kappa shape index (κ2) is 20.1. The number of hydrogen-bond donors (Lipinski definition) is 2. The maximum Gasteiger partial charge on any atom is 0.338 e. The minimum Gasteiger partial charge on any atom is -0.491 e. The van der Waals surface area contributed by atoms with Crippen molar-refractivity contribution >= 4 is 11.9 Å². The van der Waals surface area contributed by atoms with Gasteiger partial charge in [0.05, 0.1) is 37.1 Å². The highest BCUT2D eigenvalue weighted by atomic mass is 16.7. The van der Waals surface area contributed by atoms with Crippen LogP contribution in [0.15, 0.2) is 42.5 Å². The van der Waals surface area contributed by atoms with Crippen LogP contribution < -0.4 is 14.2 Å². The molecule has 3 rings (SSSR count). The molecule has 1 aromatic carbocycles. The van der Waals surface area contributed by atoms with Crippen LogP contribution >= 0.6 is 0 Å². The van der Waals surface area contributed by atoms with Crippen LogP contribution in [0.4, 0.5) is 0 Å². The normalized spacial score (nSPS) is 21.4.